The third-order valence-electron chi connectivity index (χ3n) is 3.66. The lowest BCUT2D eigenvalue weighted by Gasteiger charge is -2.29. The average molecular weight is 323 g/mol. The van der Waals surface area contributed by atoms with E-state index in [0.29, 0.717) is 5.69 Å². The number of aliphatic hydroxyl groups is 1. The second kappa shape index (κ2) is 4.99. The van der Waals surface area contributed by atoms with Gasteiger partial charge in [0.15, 0.2) is 0 Å². The van der Waals surface area contributed by atoms with Crippen LogP contribution < -0.4 is 5.63 Å². The van der Waals surface area contributed by atoms with Crippen molar-refractivity contribution in [3.05, 3.63) is 69.8 Å². The number of nitrogens with one attached hydrogen (secondary N) is 1. The van der Waals surface area contributed by atoms with Crippen LogP contribution in [0.1, 0.15) is 17.0 Å². The van der Waals surface area contributed by atoms with Gasteiger partial charge in [-0.25, -0.2) is 4.79 Å². The van der Waals surface area contributed by atoms with Gasteiger partial charge in [0, 0.05) is 11.1 Å². The first-order valence-corrected chi connectivity index (χ1v) is 6.72. The summed E-state index contributed by atoms with van der Waals surface area (Å²) in [7, 11) is 0. The van der Waals surface area contributed by atoms with Crippen LogP contribution in [0.5, 0.6) is 0 Å². The molecule has 7 heteroatoms. The van der Waals surface area contributed by atoms with Gasteiger partial charge >= 0.3 is 11.8 Å². The van der Waals surface area contributed by atoms with E-state index in [4.69, 9.17) is 4.42 Å². The summed E-state index contributed by atoms with van der Waals surface area (Å²) in [5, 5.41) is 10.7. The number of fused-ring (bicyclic) bond motifs is 1. The molecule has 0 bridgehead atoms. The fourth-order valence-electron chi connectivity index (χ4n) is 2.48. The quantitative estimate of drug-likeness (QED) is 0.712. The van der Waals surface area contributed by atoms with Crippen molar-refractivity contribution in [2.24, 2.45) is 0 Å². The molecule has 4 nitrogen and oxygen atoms in total. The molecule has 0 aliphatic rings. The predicted molar refractivity (Wildman–Crippen MR) is 77.1 cm³/mol. The molecule has 0 aliphatic heterocycles. The lowest BCUT2D eigenvalue weighted by Crippen LogP contribution is -2.46. The largest absolute Gasteiger partial charge is 0.427 e. The van der Waals surface area contributed by atoms with E-state index in [-0.39, 0.29) is 11.0 Å². The van der Waals surface area contributed by atoms with Crippen LogP contribution in [-0.2, 0) is 5.60 Å². The van der Waals surface area contributed by atoms with E-state index in [1.165, 1.54) is 18.2 Å². The maximum atomic E-state index is 13.6. The number of hydrogen-bond donors (Lipinski definition) is 2. The van der Waals surface area contributed by atoms with Gasteiger partial charge in [0.05, 0.1) is 11.3 Å². The summed E-state index contributed by atoms with van der Waals surface area (Å²) >= 11 is 0. The summed E-state index contributed by atoms with van der Waals surface area (Å²) in [6, 6.07) is 9.63. The van der Waals surface area contributed by atoms with Crippen LogP contribution in [0, 0.1) is 6.92 Å². The van der Waals surface area contributed by atoms with Crippen LogP contribution in [0.2, 0.25) is 0 Å². The molecule has 120 valence electrons. The minimum atomic E-state index is -5.11. The molecule has 2 aromatic heterocycles. The Bertz CT molecular complexity index is 926. The second-order valence-electron chi connectivity index (χ2n) is 5.25. The highest BCUT2D eigenvalue weighted by atomic mass is 19.4. The highest BCUT2D eigenvalue weighted by molar-refractivity contribution is 5.77. The van der Waals surface area contributed by atoms with Gasteiger partial charge in [-0.1, -0.05) is 18.2 Å². The number of para-hydroxylation sites is 1. The number of H-pyrrole nitrogens is 1. The molecule has 1 atom stereocenters. The van der Waals surface area contributed by atoms with Crippen molar-refractivity contribution in [3.8, 4) is 0 Å². The first-order valence-electron chi connectivity index (χ1n) is 6.72. The average Bonchev–Trinajstić information content (AvgIpc) is 2.91. The number of aryl methyl sites for hydroxylation is 1. The van der Waals surface area contributed by atoms with Crippen LogP contribution in [0.3, 0.4) is 0 Å². The fourth-order valence-corrected chi connectivity index (χ4v) is 2.48. The van der Waals surface area contributed by atoms with Gasteiger partial charge < -0.3 is 14.5 Å². The molecule has 2 heterocycles. The third kappa shape index (κ3) is 2.33. The van der Waals surface area contributed by atoms with Crippen LogP contribution in [0.4, 0.5) is 13.2 Å². The molecule has 0 amide bonds. The minimum absolute atomic E-state index is 0.147. The molecule has 0 saturated heterocycles. The van der Waals surface area contributed by atoms with E-state index in [1.807, 2.05) is 0 Å². The zero-order chi connectivity index (χ0) is 16.8. The Kier molecular flexibility index (Phi) is 3.33. The molecule has 0 spiro atoms. The molecule has 1 unspecified atom stereocenters. The number of aromatic amines is 1. The van der Waals surface area contributed by atoms with Gasteiger partial charge in [-0.15, -0.1) is 0 Å². The van der Waals surface area contributed by atoms with E-state index in [2.05, 4.69) is 4.98 Å². The number of alkyl halides is 3. The monoisotopic (exact) mass is 323 g/mol. The van der Waals surface area contributed by atoms with Crippen molar-refractivity contribution < 1.29 is 22.7 Å². The van der Waals surface area contributed by atoms with Crippen molar-refractivity contribution in [1.82, 2.24) is 4.98 Å². The van der Waals surface area contributed by atoms with Crippen molar-refractivity contribution in [2.45, 2.75) is 18.7 Å². The van der Waals surface area contributed by atoms with Gasteiger partial charge in [-0.05, 0) is 31.2 Å². The maximum Gasteiger partial charge on any atom is 0.427 e. The lowest BCUT2D eigenvalue weighted by atomic mass is 9.90. The summed E-state index contributed by atoms with van der Waals surface area (Å²) in [5.74, 6) is 0. The summed E-state index contributed by atoms with van der Waals surface area (Å²) < 4.78 is 45.8. The molecule has 0 saturated carbocycles. The minimum Gasteiger partial charge on any atom is -0.422 e. The highest BCUT2D eigenvalue weighted by Crippen LogP contribution is 2.43. The number of rotatable bonds is 2. The Morgan fingerprint density at radius 2 is 1.83 bits per heavy atom. The topological polar surface area (TPSA) is 66.2 Å². The van der Waals surface area contributed by atoms with Crippen molar-refractivity contribution in [3.63, 3.8) is 0 Å². The van der Waals surface area contributed by atoms with Gasteiger partial charge in [0.25, 0.3) is 0 Å². The number of halogens is 3. The molecule has 0 aliphatic carbocycles. The molecule has 0 fully saturated rings. The van der Waals surface area contributed by atoms with E-state index < -0.39 is 28.7 Å². The van der Waals surface area contributed by atoms with E-state index >= 15 is 0 Å². The number of aromatic nitrogens is 1. The van der Waals surface area contributed by atoms with Crippen LogP contribution >= 0.6 is 0 Å². The van der Waals surface area contributed by atoms with Crippen molar-refractivity contribution in [2.75, 3.05) is 0 Å². The van der Waals surface area contributed by atoms with E-state index in [0.717, 1.165) is 12.1 Å². The van der Waals surface area contributed by atoms with Gasteiger partial charge in [-0.2, -0.15) is 13.2 Å². The zero-order valence-corrected chi connectivity index (χ0v) is 11.9. The molecule has 3 aromatic rings. The lowest BCUT2D eigenvalue weighted by molar-refractivity contribution is -0.250. The molecule has 2 N–H and O–H groups in total. The molecule has 0 radical (unpaired) electrons. The third-order valence-corrected chi connectivity index (χ3v) is 3.66. The first-order chi connectivity index (χ1) is 10.7. The molecular weight excluding hydrogens is 311 g/mol. The van der Waals surface area contributed by atoms with Gasteiger partial charge in [0.1, 0.15) is 5.58 Å². The van der Waals surface area contributed by atoms with Gasteiger partial charge in [0.2, 0.25) is 5.60 Å². The summed E-state index contributed by atoms with van der Waals surface area (Å²) in [4.78, 5) is 14.5. The Morgan fingerprint density at radius 1 is 1.13 bits per heavy atom. The second-order valence-corrected chi connectivity index (χ2v) is 5.25. The Morgan fingerprint density at radius 3 is 2.43 bits per heavy atom. The van der Waals surface area contributed by atoms with Crippen LogP contribution in [0.15, 0.2) is 51.7 Å². The normalized spacial score (nSPS) is 14.8. The maximum absolute atomic E-state index is 13.6. The Hall–Kier alpha value is -2.54. The summed E-state index contributed by atoms with van der Waals surface area (Å²) in [6.07, 6.45) is -5.11. The van der Waals surface area contributed by atoms with E-state index in [9.17, 15) is 23.1 Å². The fraction of sp³-hybridized carbons (Fsp3) is 0.188. The smallest absolute Gasteiger partial charge is 0.422 e. The Balaban J connectivity index is 2.34. The van der Waals surface area contributed by atoms with E-state index in [1.54, 1.807) is 19.1 Å². The molecule has 23 heavy (non-hydrogen) atoms. The molecule has 3 rings (SSSR count). The zero-order valence-electron chi connectivity index (χ0n) is 11.9. The van der Waals surface area contributed by atoms with Crippen molar-refractivity contribution in [1.29, 1.82) is 0 Å². The summed E-state index contributed by atoms with van der Waals surface area (Å²) in [6.45, 7) is 1.54. The number of hydrogen-bond acceptors (Lipinski definition) is 3. The standard InChI is InChI=1S/C16H12F3NO3/c1-9-6-7-13(20-9)15(22,16(17,18)19)11-8-10-4-2-3-5-12(10)23-14(11)21/h2-8,20,22H,1H3. The van der Waals surface area contributed by atoms with Gasteiger partial charge in [-0.3, -0.25) is 0 Å². The van der Waals surface area contributed by atoms with Crippen LogP contribution in [0.25, 0.3) is 11.0 Å². The molecule has 1 aromatic carbocycles. The highest BCUT2D eigenvalue weighted by Gasteiger charge is 2.59. The first kappa shape index (κ1) is 15.4. The molecular formula is C16H12F3NO3. The van der Waals surface area contributed by atoms with Crippen LogP contribution in [-0.4, -0.2) is 16.3 Å². The number of benzene rings is 1. The van der Waals surface area contributed by atoms with Crippen molar-refractivity contribution >= 4 is 11.0 Å². The summed E-state index contributed by atoms with van der Waals surface area (Å²) in [5.41, 5.74) is -5.57. The predicted octanol–water partition coefficient (Wildman–Crippen LogP) is 3.23. The Labute approximate surface area is 128 Å². The SMILES string of the molecule is Cc1ccc(C(O)(c2cc3ccccc3oc2=O)C(F)(F)F)[nH]1.